The standard InChI is InChI=1S/C24H19NO4/c1-2-27-24(26)20(23-25-21-10-6-7-11-22(21)29-23)16-17-12-14-19(15-13-17)28-18-8-4-3-5-9-18/h3-16H,2H2,1H3/b20-16-. The molecule has 144 valence electrons. The highest BCUT2D eigenvalue weighted by molar-refractivity contribution is 6.20. The van der Waals surface area contributed by atoms with Gasteiger partial charge in [0.2, 0.25) is 5.89 Å². The zero-order valence-electron chi connectivity index (χ0n) is 15.9. The van der Waals surface area contributed by atoms with Crippen molar-refractivity contribution in [3.63, 3.8) is 0 Å². The molecule has 5 nitrogen and oxygen atoms in total. The summed E-state index contributed by atoms with van der Waals surface area (Å²) in [6, 6.07) is 24.3. The lowest BCUT2D eigenvalue weighted by Crippen LogP contribution is -2.07. The Morgan fingerprint density at radius 3 is 2.34 bits per heavy atom. The number of hydrogen-bond acceptors (Lipinski definition) is 5. The fourth-order valence-electron chi connectivity index (χ4n) is 2.83. The van der Waals surface area contributed by atoms with E-state index in [4.69, 9.17) is 13.9 Å². The molecular weight excluding hydrogens is 366 g/mol. The Morgan fingerprint density at radius 2 is 1.62 bits per heavy atom. The number of oxazole rings is 1. The van der Waals surface area contributed by atoms with Crippen LogP contribution >= 0.6 is 0 Å². The van der Waals surface area contributed by atoms with E-state index in [0.29, 0.717) is 16.8 Å². The minimum absolute atomic E-state index is 0.231. The van der Waals surface area contributed by atoms with Crippen molar-refractivity contribution in [2.75, 3.05) is 6.61 Å². The minimum atomic E-state index is -0.483. The second kappa shape index (κ2) is 8.44. The molecule has 4 aromatic rings. The Labute approximate surface area is 168 Å². The minimum Gasteiger partial charge on any atom is -0.462 e. The molecule has 5 heteroatoms. The van der Waals surface area contributed by atoms with Crippen LogP contribution in [-0.2, 0) is 9.53 Å². The second-order valence-electron chi connectivity index (χ2n) is 6.25. The smallest absolute Gasteiger partial charge is 0.343 e. The van der Waals surface area contributed by atoms with Gasteiger partial charge in [0.05, 0.1) is 6.61 Å². The van der Waals surface area contributed by atoms with E-state index >= 15 is 0 Å². The Hall–Kier alpha value is -3.86. The molecular formula is C24H19NO4. The number of nitrogens with zero attached hydrogens (tertiary/aromatic N) is 1. The normalized spacial score (nSPS) is 11.4. The highest BCUT2D eigenvalue weighted by Crippen LogP contribution is 2.26. The number of para-hydroxylation sites is 3. The van der Waals surface area contributed by atoms with Gasteiger partial charge in [-0.2, -0.15) is 0 Å². The topological polar surface area (TPSA) is 61.6 Å². The first-order chi connectivity index (χ1) is 14.2. The van der Waals surface area contributed by atoms with E-state index in [1.165, 1.54) is 0 Å². The molecule has 0 N–H and O–H groups in total. The summed E-state index contributed by atoms with van der Waals surface area (Å²) in [7, 11) is 0. The molecule has 0 fully saturated rings. The third kappa shape index (κ3) is 4.35. The number of hydrogen-bond donors (Lipinski definition) is 0. The molecule has 0 aliphatic heterocycles. The maximum Gasteiger partial charge on any atom is 0.343 e. The van der Waals surface area contributed by atoms with E-state index in [1.807, 2.05) is 78.9 Å². The summed E-state index contributed by atoms with van der Waals surface area (Å²) >= 11 is 0. The van der Waals surface area contributed by atoms with Gasteiger partial charge < -0.3 is 13.9 Å². The number of ether oxygens (including phenoxy) is 2. The summed E-state index contributed by atoms with van der Waals surface area (Å²) in [5, 5.41) is 0. The van der Waals surface area contributed by atoms with Crippen LogP contribution in [-0.4, -0.2) is 17.6 Å². The number of aromatic nitrogens is 1. The lowest BCUT2D eigenvalue weighted by atomic mass is 10.1. The van der Waals surface area contributed by atoms with Gasteiger partial charge in [0.25, 0.3) is 0 Å². The Kier molecular flexibility index (Phi) is 5.38. The van der Waals surface area contributed by atoms with Crippen LogP contribution in [0.3, 0.4) is 0 Å². The average molecular weight is 385 g/mol. The molecule has 4 rings (SSSR count). The lowest BCUT2D eigenvalue weighted by Gasteiger charge is -2.06. The number of carbonyl (C=O) groups is 1. The zero-order chi connectivity index (χ0) is 20.1. The van der Waals surface area contributed by atoms with Crippen LogP contribution in [0.4, 0.5) is 0 Å². The molecule has 0 saturated carbocycles. The van der Waals surface area contributed by atoms with Crippen LogP contribution in [0.25, 0.3) is 22.7 Å². The van der Waals surface area contributed by atoms with Gasteiger partial charge in [0.15, 0.2) is 5.58 Å². The molecule has 0 aliphatic carbocycles. The first-order valence-corrected chi connectivity index (χ1v) is 9.30. The molecule has 1 aromatic heterocycles. The predicted octanol–water partition coefficient (Wildman–Crippen LogP) is 5.72. The Balaban J connectivity index is 1.64. The van der Waals surface area contributed by atoms with Gasteiger partial charge in [0.1, 0.15) is 22.6 Å². The molecule has 0 radical (unpaired) electrons. The number of carbonyl (C=O) groups excluding carboxylic acids is 1. The largest absolute Gasteiger partial charge is 0.462 e. The maximum absolute atomic E-state index is 12.5. The van der Waals surface area contributed by atoms with E-state index in [1.54, 1.807) is 13.0 Å². The van der Waals surface area contributed by atoms with Crippen molar-refractivity contribution in [2.45, 2.75) is 6.92 Å². The Bertz CT molecular complexity index is 1110. The summed E-state index contributed by atoms with van der Waals surface area (Å²) in [4.78, 5) is 16.9. The quantitative estimate of drug-likeness (QED) is 0.314. The van der Waals surface area contributed by atoms with E-state index in [0.717, 1.165) is 11.3 Å². The van der Waals surface area contributed by atoms with Crippen molar-refractivity contribution in [1.29, 1.82) is 0 Å². The van der Waals surface area contributed by atoms with Crippen LogP contribution in [0.5, 0.6) is 11.5 Å². The molecule has 0 amide bonds. The third-order valence-corrected chi connectivity index (χ3v) is 4.19. The van der Waals surface area contributed by atoms with Gasteiger partial charge in [0, 0.05) is 0 Å². The molecule has 0 spiro atoms. The molecule has 3 aromatic carbocycles. The summed E-state index contributed by atoms with van der Waals surface area (Å²) in [6.45, 7) is 2.03. The zero-order valence-corrected chi connectivity index (χ0v) is 15.9. The first kappa shape index (κ1) is 18.5. The van der Waals surface area contributed by atoms with Gasteiger partial charge >= 0.3 is 5.97 Å². The van der Waals surface area contributed by atoms with E-state index in [2.05, 4.69) is 4.98 Å². The molecule has 29 heavy (non-hydrogen) atoms. The van der Waals surface area contributed by atoms with Crippen molar-refractivity contribution >= 4 is 28.7 Å². The monoisotopic (exact) mass is 385 g/mol. The van der Waals surface area contributed by atoms with Crippen LogP contribution < -0.4 is 4.74 Å². The predicted molar refractivity (Wildman–Crippen MR) is 111 cm³/mol. The molecule has 0 unspecified atom stereocenters. The second-order valence-corrected chi connectivity index (χ2v) is 6.25. The number of esters is 1. The van der Waals surface area contributed by atoms with Crippen molar-refractivity contribution < 1.29 is 18.7 Å². The third-order valence-electron chi connectivity index (χ3n) is 4.19. The highest BCUT2D eigenvalue weighted by atomic mass is 16.5. The van der Waals surface area contributed by atoms with Crippen molar-refractivity contribution in [1.82, 2.24) is 4.98 Å². The number of benzene rings is 3. The molecule has 0 atom stereocenters. The van der Waals surface area contributed by atoms with Crippen LogP contribution in [0.15, 0.2) is 83.3 Å². The summed E-state index contributed by atoms with van der Waals surface area (Å²) in [6.07, 6.45) is 1.70. The van der Waals surface area contributed by atoms with Crippen LogP contribution in [0.1, 0.15) is 18.4 Å². The fraction of sp³-hybridized carbons (Fsp3) is 0.0833. The Morgan fingerprint density at radius 1 is 0.931 bits per heavy atom. The van der Waals surface area contributed by atoms with E-state index < -0.39 is 5.97 Å². The average Bonchev–Trinajstić information content (AvgIpc) is 3.18. The van der Waals surface area contributed by atoms with Gasteiger partial charge in [-0.3, -0.25) is 0 Å². The number of fused-ring (bicyclic) bond motifs is 1. The van der Waals surface area contributed by atoms with E-state index in [9.17, 15) is 4.79 Å². The van der Waals surface area contributed by atoms with Crippen molar-refractivity contribution in [3.05, 3.63) is 90.3 Å². The van der Waals surface area contributed by atoms with Gasteiger partial charge in [-0.05, 0) is 55.0 Å². The van der Waals surface area contributed by atoms with Gasteiger partial charge in [-0.15, -0.1) is 0 Å². The van der Waals surface area contributed by atoms with Gasteiger partial charge in [-0.25, -0.2) is 9.78 Å². The summed E-state index contributed by atoms with van der Waals surface area (Å²) in [5.41, 5.74) is 2.36. The van der Waals surface area contributed by atoms with Crippen molar-refractivity contribution in [2.24, 2.45) is 0 Å². The summed E-state index contributed by atoms with van der Waals surface area (Å²) in [5.74, 6) is 1.21. The van der Waals surface area contributed by atoms with Gasteiger partial charge in [-0.1, -0.05) is 42.5 Å². The number of rotatable bonds is 6. The first-order valence-electron chi connectivity index (χ1n) is 9.30. The molecule has 0 aliphatic rings. The lowest BCUT2D eigenvalue weighted by molar-refractivity contribution is -0.136. The van der Waals surface area contributed by atoms with Crippen LogP contribution in [0.2, 0.25) is 0 Å². The van der Waals surface area contributed by atoms with Crippen LogP contribution in [0, 0.1) is 0 Å². The van der Waals surface area contributed by atoms with E-state index in [-0.39, 0.29) is 18.1 Å². The molecule has 0 saturated heterocycles. The highest BCUT2D eigenvalue weighted by Gasteiger charge is 2.19. The molecule has 1 heterocycles. The maximum atomic E-state index is 12.5. The van der Waals surface area contributed by atoms with Crippen molar-refractivity contribution in [3.8, 4) is 11.5 Å². The summed E-state index contributed by atoms with van der Waals surface area (Å²) < 4.78 is 16.8. The SMILES string of the molecule is CCOC(=O)/C(=C\c1ccc(Oc2ccccc2)cc1)c1nc2ccccc2o1. The molecule has 0 bridgehead atoms. The fourth-order valence-corrected chi connectivity index (χ4v) is 2.83.